The molecule has 3 aromatic rings. The molecule has 2 amide bonds. The Hall–Kier alpha value is -3.33. The summed E-state index contributed by atoms with van der Waals surface area (Å²) in [6, 6.07) is 8.33. The van der Waals surface area contributed by atoms with Crippen LogP contribution in [0.3, 0.4) is 0 Å². The highest BCUT2D eigenvalue weighted by molar-refractivity contribution is 7.13. The average molecular weight is 395 g/mol. The molecule has 0 saturated carbocycles. The largest absolute Gasteiger partial charge is 0.487 e. The number of pyridine rings is 2. The van der Waals surface area contributed by atoms with Crippen molar-refractivity contribution < 1.29 is 14.3 Å². The predicted octanol–water partition coefficient (Wildman–Crippen LogP) is 1.68. The number of ether oxygens (including phenoxy) is 1. The Labute approximate surface area is 165 Å². The highest BCUT2D eigenvalue weighted by Gasteiger charge is 2.31. The van der Waals surface area contributed by atoms with E-state index in [1.54, 1.807) is 37.8 Å². The van der Waals surface area contributed by atoms with Crippen LogP contribution in [0.2, 0.25) is 0 Å². The van der Waals surface area contributed by atoms with Gasteiger partial charge in [0.2, 0.25) is 0 Å². The third-order valence-electron chi connectivity index (χ3n) is 4.24. The molecule has 0 aromatic carbocycles. The number of nitrogens with zero attached hydrogens (tertiary/aromatic N) is 4. The third kappa shape index (κ3) is 3.70. The second-order valence-electron chi connectivity index (χ2n) is 6.19. The summed E-state index contributed by atoms with van der Waals surface area (Å²) in [4.78, 5) is 40.2. The molecule has 4 rings (SSSR count). The fourth-order valence-corrected chi connectivity index (χ4v) is 3.66. The molecule has 0 saturated heterocycles. The van der Waals surface area contributed by atoms with Gasteiger partial charge in [-0.25, -0.2) is 9.97 Å². The van der Waals surface area contributed by atoms with Crippen molar-refractivity contribution in [2.75, 3.05) is 18.6 Å². The molecular weight excluding hydrogens is 378 g/mol. The van der Waals surface area contributed by atoms with E-state index >= 15 is 0 Å². The maximum atomic E-state index is 12.7. The second-order valence-corrected chi connectivity index (χ2v) is 7.30. The maximum absolute atomic E-state index is 12.7. The second kappa shape index (κ2) is 7.73. The Morgan fingerprint density at radius 3 is 2.93 bits per heavy atom. The quantitative estimate of drug-likeness (QED) is 0.722. The van der Waals surface area contributed by atoms with Crippen LogP contribution >= 0.6 is 11.3 Å². The van der Waals surface area contributed by atoms with E-state index in [2.05, 4.69) is 20.3 Å². The van der Waals surface area contributed by atoms with Gasteiger partial charge in [0.1, 0.15) is 12.6 Å². The fraction of sp³-hybridized carbons (Fsp3) is 0.211. The van der Waals surface area contributed by atoms with Crippen LogP contribution in [0, 0.1) is 0 Å². The van der Waals surface area contributed by atoms with Crippen molar-refractivity contribution in [3.05, 3.63) is 64.5 Å². The normalized spacial score (nSPS) is 16.1. The van der Waals surface area contributed by atoms with E-state index in [9.17, 15) is 9.59 Å². The Morgan fingerprint density at radius 2 is 2.11 bits per heavy atom. The predicted molar refractivity (Wildman–Crippen MR) is 104 cm³/mol. The number of amides is 2. The Balaban J connectivity index is 1.45. The highest BCUT2D eigenvalue weighted by atomic mass is 32.1. The van der Waals surface area contributed by atoms with Crippen LogP contribution < -0.4 is 15.0 Å². The minimum Gasteiger partial charge on any atom is -0.487 e. The van der Waals surface area contributed by atoms with E-state index in [1.165, 1.54) is 16.2 Å². The van der Waals surface area contributed by atoms with E-state index in [0.717, 1.165) is 10.6 Å². The summed E-state index contributed by atoms with van der Waals surface area (Å²) in [5.74, 6) is 0.223. The van der Waals surface area contributed by atoms with Gasteiger partial charge in [-0.1, -0.05) is 6.07 Å². The first-order valence-electron chi connectivity index (χ1n) is 8.62. The lowest BCUT2D eigenvalue weighted by Crippen LogP contribution is -2.49. The van der Waals surface area contributed by atoms with Crippen LogP contribution in [0.5, 0.6) is 5.75 Å². The van der Waals surface area contributed by atoms with E-state index in [-0.39, 0.29) is 12.5 Å². The number of fused-ring (bicyclic) bond motifs is 1. The van der Waals surface area contributed by atoms with Gasteiger partial charge >= 0.3 is 0 Å². The number of aromatic nitrogens is 3. The van der Waals surface area contributed by atoms with Gasteiger partial charge in [0, 0.05) is 42.6 Å². The zero-order valence-electron chi connectivity index (χ0n) is 15.0. The van der Waals surface area contributed by atoms with Gasteiger partial charge in [-0.2, -0.15) is 0 Å². The zero-order chi connectivity index (χ0) is 19.5. The summed E-state index contributed by atoms with van der Waals surface area (Å²) in [5, 5.41) is 3.01. The summed E-state index contributed by atoms with van der Waals surface area (Å²) in [6.07, 6.45) is 5.57. The van der Waals surface area contributed by atoms with Crippen molar-refractivity contribution in [3.63, 3.8) is 0 Å². The number of hydrogen-bond donors (Lipinski definition) is 1. The van der Waals surface area contributed by atoms with Crippen LogP contribution in [-0.4, -0.2) is 46.5 Å². The molecule has 142 valence electrons. The van der Waals surface area contributed by atoms with Crippen LogP contribution in [-0.2, 0) is 11.2 Å². The number of carbonyl (C=O) groups is 2. The molecule has 9 heteroatoms. The van der Waals surface area contributed by atoms with Gasteiger partial charge in [0.05, 0.1) is 0 Å². The van der Waals surface area contributed by atoms with Gasteiger partial charge in [-0.15, -0.1) is 11.3 Å². The molecule has 1 N–H and O–H groups in total. The molecular formula is C19H17N5O3S. The van der Waals surface area contributed by atoms with Crippen molar-refractivity contribution in [2.24, 2.45) is 0 Å². The topological polar surface area (TPSA) is 97.3 Å². The molecule has 1 aliphatic rings. The van der Waals surface area contributed by atoms with Crippen molar-refractivity contribution in [1.29, 1.82) is 0 Å². The van der Waals surface area contributed by atoms with Crippen molar-refractivity contribution in [1.82, 2.24) is 20.3 Å². The first-order chi connectivity index (χ1) is 13.6. The van der Waals surface area contributed by atoms with Crippen molar-refractivity contribution >= 4 is 29.0 Å². The minimum absolute atomic E-state index is 0.0276. The molecule has 8 nitrogen and oxygen atoms in total. The summed E-state index contributed by atoms with van der Waals surface area (Å²) in [5.41, 5.74) is 0.900. The lowest BCUT2D eigenvalue weighted by Gasteiger charge is -2.19. The first kappa shape index (κ1) is 18.1. The standard InChI is InChI=1S/C19H17N5O3S/c1-24-16-15(6-4-8-21-16)27-11-14(19(24)26)23-17(25)18-22-10-13(28-18)9-12-5-2-3-7-20-12/h2-8,10,14H,9,11H2,1H3,(H,23,25). The number of anilines is 1. The number of thiazole rings is 1. The molecule has 0 spiro atoms. The lowest BCUT2D eigenvalue weighted by atomic mass is 10.2. The zero-order valence-corrected chi connectivity index (χ0v) is 15.8. The molecule has 28 heavy (non-hydrogen) atoms. The number of nitrogens with one attached hydrogen (secondary N) is 1. The first-order valence-corrected chi connectivity index (χ1v) is 9.44. The fourth-order valence-electron chi connectivity index (χ4n) is 2.83. The molecule has 0 radical (unpaired) electrons. The molecule has 3 aromatic heterocycles. The van der Waals surface area contributed by atoms with Gasteiger partial charge < -0.3 is 10.1 Å². The third-order valence-corrected chi connectivity index (χ3v) is 5.23. The van der Waals surface area contributed by atoms with Gasteiger partial charge in [0.15, 0.2) is 16.6 Å². The summed E-state index contributed by atoms with van der Waals surface area (Å²) in [7, 11) is 1.61. The number of likely N-dealkylation sites (N-methyl/N-ethyl adjacent to an activating group) is 1. The van der Waals surface area contributed by atoms with E-state index in [0.29, 0.717) is 23.0 Å². The summed E-state index contributed by atoms with van der Waals surface area (Å²) >= 11 is 1.28. The van der Waals surface area contributed by atoms with Crippen LogP contribution in [0.4, 0.5) is 5.82 Å². The van der Waals surface area contributed by atoms with Crippen LogP contribution in [0.25, 0.3) is 0 Å². The van der Waals surface area contributed by atoms with Gasteiger partial charge in [0.25, 0.3) is 11.8 Å². The smallest absolute Gasteiger partial charge is 0.281 e. The van der Waals surface area contributed by atoms with Crippen LogP contribution in [0.15, 0.2) is 48.9 Å². The molecule has 0 fully saturated rings. The van der Waals surface area contributed by atoms with Crippen LogP contribution in [0.1, 0.15) is 20.4 Å². The molecule has 1 unspecified atom stereocenters. The monoisotopic (exact) mass is 395 g/mol. The minimum atomic E-state index is -0.824. The summed E-state index contributed by atoms with van der Waals surface area (Å²) in [6.45, 7) is 0.0276. The molecule has 0 bridgehead atoms. The summed E-state index contributed by atoms with van der Waals surface area (Å²) < 4.78 is 5.66. The maximum Gasteiger partial charge on any atom is 0.281 e. The number of rotatable bonds is 4. The lowest BCUT2D eigenvalue weighted by molar-refractivity contribution is -0.120. The average Bonchev–Trinajstić information content (AvgIpc) is 3.15. The molecule has 0 aliphatic carbocycles. The van der Waals surface area contributed by atoms with Crippen molar-refractivity contribution in [2.45, 2.75) is 12.5 Å². The molecule has 4 heterocycles. The van der Waals surface area contributed by atoms with E-state index in [4.69, 9.17) is 4.74 Å². The van der Waals surface area contributed by atoms with Gasteiger partial charge in [-0.3, -0.25) is 19.5 Å². The Kier molecular flexibility index (Phi) is 4.98. The highest BCUT2D eigenvalue weighted by Crippen LogP contribution is 2.27. The van der Waals surface area contributed by atoms with Gasteiger partial charge in [-0.05, 0) is 24.3 Å². The van der Waals surface area contributed by atoms with Crippen molar-refractivity contribution in [3.8, 4) is 5.75 Å². The Bertz CT molecular complexity index is 1010. The molecule has 1 atom stereocenters. The number of hydrogen-bond acceptors (Lipinski definition) is 7. The SMILES string of the molecule is CN1C(=O)C(NC(=O)c2ncc(Cc3ccccn3)s2)COc2cccnc21. The van der Waals surface area contributed by atoms with E-state index < -0.39 is 11.9 Å². The number of carbonyl (C=O) groups excluding carboxylic acids is 2. The molecule has 1 aliphatic heterocycles. The van der Waals surface area contributed by atoms with E-state index in [1.807, 2.05) is 18.2 Å². The Morgan fingerprint density at radius 1 is 1.25 bits per heavy atom.